The van der Waals surface area contributed by atoms with Crippen LogP contribution in [-0.4, -0.2) is 44.9 Å². The molecule has 0 unspecified atom stereocenters. The van der Waals surface area contributed by atoms with Crippen molar-refractivity contribution < 1.29 is 19.7 Å². The molecule has 0 bridgehead atoms. The highest BCUT2D eigenvalue weighted by Gasteiger charge is 2.42. The van der Waals surface area contributed by atoms with Crippen molar-refractivity contribution in [3.8, 4) is 28.5 Å². The number of H-pyrrole nitrogens is 1. The molecule has 1 atom stereocenters. The van der Waals surface area contributed by atoms with E-state index in [2.05, 4.69) is 33.1 Å². The van der Waals surface area contributed by atoms with Crippen LogP contribution in [0.15, 0.2) is 40.9 Å². The standard InChI is InChI=1S/C22H22BrN3O4/c1-3-4-9-26-20(12-10-14(23)21(28)16(11-12)30-2)17-18(24-25-19(17)22(26)29)13-7-5-6-8-15(13)27/h5-8,10-11,20,27-28H,3-4,9H2,1-2H3,(H,24,25)/t20-/m1/s1. The van der Waals surface area contributed by atoms with Gasteiger partial charge in [0.1, 0.15) is 17.1 Å². The van der Waals surface area contributed by atoms with E-state index in [0.717, 1.165) is 18.4 Å². The van der Waals surface area contributed by atoms with Crippen molar-refractivity contribution in [3.05, 3.63) is 57.7 Å². The summed E-state index contributed by atoms with van der Waals surface area (Å²) in [5.41, 5.74) is 2.98. The summed E-state index contributed by atoms with van der Waals surface area (Å²) >= 11 is 3.38. The van der Waals surface area contributed by atoms with Crippen LogP contribution in [0.5, 0.6) is 17.2 Å². The van der Waals surface area contributed by atoms with Crippen molar-refractivity contribution in [2.75, 3.05) is 13.7 Å². The molecule has 0 saturated carbocycles. The molecule has 2 aromatic carbocycles. The number of amides is 1. The Morgan fingerprint density at radius 2 is 2.03 bits per heavy atom. The van der Waals surface area contributed by atoms with E-state index in [1.807, 2.05) is 6.07 Å². The van der Waals surface area contributed by atoms with Crippen molar-refractivity contribution in [3.63, 3.8) is 0 Å². The summed E-state index contributed by atoms with van der Waals surface area (Å²) < 4.78 is 5.80. The maximum atomic E-state index is 13.2. The molecule has 3 N–H and O–H groups in total. The summed E-state index contributed by atoms with van der Waals surface area (Å²) in [6.07, 6.45) is 1.79. The molecule has 7 nitrogen and oxygen atoms in total. The lowest BCUT2D eigenvalue weighted by Crippen LogP contribution is -2.30. The number of aromatic nitrogens is 2. The van der Waals surface area contributed by atoms with Crippen LogP contribution in [0.1, 0.15) is 47.4 Å². The second-order valence-electron chi connectivity index (χ2n) is 7.19. The predicted octanol–water partition coefficient (Wildman–Crippen LogP) is 4.60. The molecule has 0 spiro atoms. The van der Waals surface area contributed by atoms with E-state index in [1.54, 1.807) is 35.2 Å². The highest BCUT2D eigenvalue weighted by atomic mass is 79.9. The summed E-state index contributed by atoms with van der Waals surface area (Å²) in [5, 5.41) is 27.9. The quantitative estimate of drug-likeness (QED) is 0.487. The zero-order chi connectivity index (χ0) is 21.4. The van der Waals surface area contributed by atoms with Gasteiger partial charge >= 0.3 is 0 Å². The Labute approximate surface area is 182 Å². The van der Waals surface area contributed by atoms with Gasteiger partial charge in [0.05, 0.1) is 17.6 Å². The minimum absolute atomic E-state index is 0.000902. The maximum Gasteiger partial charge on any atom is 0.273 e. The van der Waals surface area contributed by atoms with Gasteiger partial charge in [-0.05, 0) is 52.2 Å². The third-order valence-electron chi connectivity index (χ3n) is 5.36. The third-order valence-corrected chi connectivity index (χ3v) is 5.97. The van der Waals surface area contributed by atoms with Crippen LogP contribution >= 0.6 is 15.9 Å². The molecule has 1 amide bonds. The minimum Gasteiger partial charge on any atom is -0.507 e. The van der Waals surface area contributed by atoms with Crippen LogP contribution in [0, 0.1) is 0 Å². The zero-order valence-corrected chi connectivity index (χ0v) is 18.2. The first-order chi connectivity index (χ1) is 14.5. The van der Waals surface area contributed by atoms with Crippen molar-refractivity contribution in [2.45, 2.75) is 25.8 Å². The lowest BCUT2D eigenvalue weighted by atomic mass is 9.95. The van der Waals surface area contributed by atoms with Crippen LogP contribution in [0.4, 0.5) is 0 Å². The Morgan fingerprint density at radius 3 is 2.73 bits per heavy atom. The average Bonchev–Trinajstić information content (AvgIpc) is 3.28. The number of unbranched alkanes of at least 4 members (excludes halogenated alkanes) is 1. The number of hydrogen-bond donors (Lipinski definition) is 3. The van der Waals surface area contributed by atoms with Gasteiger partial charge in [-0.1, -0.05) is 25.5 Å². The number of hydrogen-bond acceptors (Lipinski definition) is 5. The molecule has 156 valence electrons. The van der Waals surface area contributed by atoms with E-state index in [1.165, 1.54) is 7.11 Å². The fourth-order valence-electron chi connectivity index (χ4n) is 3.89. The number of aromatic hydroxyl groups is 2. The van der Waals surface area contributed by atoms with Crippen LogP contribution in [-0.2, 0) is 0 Å². The fraction of sp³-hybridized carbons (Fsp3) is 0.273. The van der Waals surface area contributed by atoms with Crippen LogP contribution in [0.3, 0.4) is 0 Å². The van der Waals surface area contributed by atoms with Crippen LogP contribution < -0.4 is 4.74 Å². The van der Waals surface area contributed by atoms with Gasteiger partial charge in [0.2, 0.25) is 0 Å². The number of methoxy groups -OCH3 is 1. The number of phenolic OH excluding ortho intramolecular Hbond substituents is 2. The molecule has 0 saturated heterocycles. The number of para-hydroxylation sites is 1. The second kappa shape index (κ2) is 8.02. The lowest BCUT2D eigenvalue weighted by Gasteiger charge is -2.27. The summed E-state index contributed by atoms with van der Waals surface area (Å²) in [5.74, 6) is 0.262. The number of carbonyl (C=O) groups is 1. The van der Waals surface area contributed by atoms with E-state index in [-0.39, 0.29) is 17.4 Å². The summed E-state index contributed by atoms with van der Waals surface area (Å²) in [6, 6.07) is 10.0. The number of nitrogens with zero attached hydrogens (tertiary/aromatic N) is 2. The minimum atomic E-state index is -0.432. The topological polar surface area (TPSA) is 98.7 Å². The van der Waals surface area contributed by atoms with E-state index in [0.29, 0.717) is 39.3 Å². The van der Waals surface area contributed by atoms with Gasteiger partial charge in [-0.3, -0.25) is 9.89 Å². The highest BCUT2D eigenvalue weighted by molar-refractivity contribution is 9.10. The molecule has 1 aliphatic heterocycles. The lowest BCUT2D eigenvalue weighted by molar-refractivity contribution is 0.0741. The molecule has 3 aromatic rings. The first-order valence-corrected chi connectivity index (χ1v) is 10.5. The number of fused-ring (bicyclic) bond motifs is 1. The third kappa shape index (κ3) is 3.21. The van der Waals surface area contributed by atoms with Crippen LogP contribution in [0.2, 0.25) is 0 Å². The zero-order valence-electron chi connectivity index (χ0n) is 16.6. The Morgan fingerprint density at radius 1 is 1.27 bits per heavy atom. The Balaban J connectivity index is 1.93. The Bertz CT molecular complexity index is 1110. The molecule has 4 rings (SSSR count). The summed E-state index contributed by atoms with van der Waals surface area (Å²) in [7, 11) is 1.48. The Hall–Kier alpha value is -3.00. The number of nitrogens with one attached hydrogen (secondary N) is 1. The SMILES string of the molecule is CCCCN1C(=O)c2[nH]nc(-c3ccccc3O)c2[C@H]1c1cc(Br)c(O)c(OC)c1. The van der Waals surface area contributed by atoms with Gasteiger partial charge in [0.15, 0.2) is 11.5 Å². The molecular weight excluding hydrogens is 450 g/mol. The molecule has 1 aromatic heterocycles. The van der Waals surface area contributed by atoms with Gasteiger partial charge in [-0.25, -0.2) is 0 Å². The van der Waals surface area contributed by atoms with E-state index in [9.17, 15) is 15.0 Å². The van der Waals surface area contributed by atoms with Crippen molar-refractivity contribution in [1.29, 1.82) is 0 Å². The van der Waals surface area contributed by atoms with E-state index >= 15 is 0 Å². The number of aromatic amines is 1. The van der Waals surface area contributed by atoms with E-state index < -0.39 is 6.04 Å². The molecule has 30 heavy (non-hydrogen) atoms. The van der Waals surface area contributed by atoms with E-state index in [4.69, 9.17) is 4.74 Å². The average molecular weight is 472 g/mol. The fourth-order valence-corrected chi connectivity index (χ4v) is 4.35. The molecule has 2 heterocycles. The summed E-state index contributed by atoms with van der Waals surface area (Å²) in [4.78, 5) is 15.0. The normalized spacial score (nSPS) is 15.5. The number of ether oxygens (including phenoxy) is 1. The van der Waals surface area contributed by atoms with Gasteiger partial charge in [-0.15, -0.1) is 0 Å². The number of halogens is 1. The van der Waals surface area contributed by atoms with Gasteiger partial charge in [0.25, 0.3) is 5.91 Å². The molecule has 0 radical (unpaired) electrons. The first-order valence-electron chi connectivity index (χ1n) is 9.71. The van der Waals surface area contributed by atoms with Gasteiger partial charge in [0, 0.05) is 17.7 Å². The highest BCUT2D eigenvalue weighted by Crippen LogP contribution is 2.47. The second-order valence-corrected chi connectivity index (χ2v) is 8.04. The summed E-state index contributed by atoms with van der Waals surface area (Å²) in [6.45, 7) is 2.65. The van der Waals surface area contributed by atoms with Crippen molar-refractivity contribution in [2.24, 2.45) is 0 Å². The van der Waals surface area contributed by atoms with Crippen molar-refractivity contribution in [1.82, 2.24) is 15.1 Å². The molecule has 0 aliphatic carbocycles. The molecular formula is C22H22BrN3O4. The number of rotatable bonds is 6. The van der Waals surface area contributed by atoms with Gasteiger partial charge < -0.3 is 19.8 Å². The number of phenols is 2. The molecule has 8 heteroatoms. The predicted molar refractivity (Wildman–Crippen MR) is 116 cm³/mol. The number of carbonyl (C=O) groups excluding carboxylic acids is 1. The largest absolute Gasteiger partial charge is 0.507 e. The maximum absolute atomic E-state index is 13.2. The molecule has 0 fully saturated rings. The molecule has 1 aliphatic rings. The number of benzene rings is 2. The van der Waals surface area contributed by atoms with Gasteiger partial charge in [-0.2, -0.15) is 5.10 Å². The van der Waals surface area contributed by atoms with Crippen LogP contribution in [0.25, 0.3) is 11.3 Å². The Kier molecular flexibility index (Phi) is 5.42. The monoisotopic (exact) mass is 471 g/mol. The first kappa shape index (κ1) is 20.3. The van der Waals surface area contributed by atoms with Crippen molar-refractivity contribution >= 4 is 21.8 Å². The smallest absolute Gasteiger partial charge is 0.273 e.